The Morgan fingerprint density at radius 2 is 2.31 bits per heavy atom. The molecule has 2 unspecified atom stereocenters. The van der Waals surface area contributed by atoms with Gasteiger partial charge in [-0.25, -0.2) is 0 Å². The average Bonchev–Trinajstić information content (AvgIpc) is 2.90. The van der Waals surface area contributed by atoms with Gasteiger partial charge in [0.25, 0.3) is 0 Å². The van der Waals surface area contributed by atoms with Crippen molar-refractivity contribution in [3.8, 4) is 0 Å². The Labute approximate surface area is 79.8 Å². The minimum atomic E-state index is 0.402. The van der Waals surface area contributed by atoms with E-state index in [1.165, 1.54) is 18.4 Å². The summed E-state index contributed by atoms with van der Waals surface area (Å²) in [7, 11) is 0. The molecule has 2 atom stereocenters. The first kappa shape index (κ1) is 8.76. The molecule has 2 aliphatic rings. The molecule has 70 valence electrons. The molecule has 1 heterocycles. The van der Waals surface area contributed by atoms with Gasteiger partial charge in [-0.1, -0.05) is 37.6 Å². The molecule has 0 amide bonds. The van der Waals surface area contributed by atoms with Crippen molar-refractivity contribution in [2.45, 2.75) is 38.4 Å². The van der Waals surface area contributed by atoms with E-state index in [0.29, 0.717) is 12.2 Å². The summed E-state index contributed by atoms with van der Waals surface area (Å²) in [6, 6.07) is 0. The molecule has 0 aromatic carbocycles. The maximum atomic E-state index is 5.35. The lowest BCUT2D eigenvalue weighted by atomic mass is 10.0. The highest BCUT2D eigenvalue weighted by Gasteiger charge is 2.36. The van der Waals surface area contributed by atoms with Crippen molar-refractivity contribution in [3.63, 3.8) is 0 Å². The van der Waals surface area contributed by atoms with Gasteiger partial charge in [-0.3, -0.25) is 0 Å². The largest absolute Gasteiger partial charge is 0.361 e. The van der Waals surface area contributed by atoms with Crippen LogP contribution >= 0.6 is 0 Å². The first-order valence-corrected chi connectivity index (χ1v) is 5.09. The van der Waals surface area contributed by atoms with Crippen LogP contribution in [-0.4, -0.2) is 12.2 Å². The van der Waals surface area contributed by atoms with Crippen LogP contribution < -0.4 is 0 Å². The fourth-order valence-electron chi connectivity index (χ4n) is 1.55. The van der Waals surface area contributed by atoms with Crippen LogP contribution in [0.1, 0.15) is 26.2 Å². The van der Waals surface area contributed by atoms with E-state index in [0.717, 1.165) is 6.42 Å². The van der Waals surface area contributed by atoms with Gasteiger partial charge in [0.2, 0.25) is 0 Å². The SMILES string of the molecule is CCCC=CCC1=CC2OC2C=C1. The molecule has 1 fully saturated rings. The van der Waals surface area contributed by atoms with Crippen molar-refractivity contribution in [1.82, 2.24) is 0 Å². The topological polar surface area (TPSA) is 12.5 Å². The fraction of sp³-hybridized carbons (Fsp3) is 0.500. The molecule has 0 aromatic rings. The Bertz CT molecular complexity index is 260. The van der Waals surface area contributed by atoms with Crippen molar-refractivity contribution in [3.05, 3.63) is 36.0 Å². The van der Waals surface area contributed by atoms with E-state index in [-0.39, 0.29) is 0 Å². The van der Waals surface area contributed by atoms with Crippen molar-refractivity contribution in [2.75, 3.05) is 0 Å². The number of hydrogen-bond acceptors (Lipinski definition) is 1. The molecule has 0 aromatic heterocycles. The molecule has 0 N–H and O–H groups in total. The van der Waals surface area contributed by atoms with Gasteiger partial charge in [-0.05, 0) is 24.5 Å². The number of allylic oxidation sites excluding steroid dienone is 4. The van der Waals surface area contributed by atoms with E-state index in [1.807, 2.05) is 0 Å². The number of ether oxygens (including phenoxy) is 1. The van der Waals surface area contributed by atoms with E-state index >= 15 is 0 Å². The summed E-state index contributed by atoms with van der Waals surface area (Å²) in [4.78, 5) is 0. The number of hydrogen-bond donors (Lipinski definition) is 0. The predicted octanol–water partition coefficient (Wildman–Crippen LogP) is 3.00. The maximum Gasteiger partial charge on any atom is 0.107 e. The van der Waals surface area contributed by atoms with Crippen molar-refractivity contribution >= 4 is 0 Å². The molecule has 0 saturated carbocycles. The monoisotopic (exact) mass is 176 g/mol. The predicted molar refractivity (Wildman–Crippen MR) is 54.5 cm³/mol. The molecule has 1 aliphatic heterocycles. The van der Waals surface area contributed by atoms with Crippen molar-refractivity contribution in [2.24, 2.45) is 0 Å². The molecule has 2 rings (SSSR count). The Morgan fingerprint density at radius 1 is 1.38 bits per heavy atom. The highest BCUT2D eigenvalue weighted by atomic mass is 16.6. The maximum absolute atomic E-state index is 5.35. The Kier molecular flexibility index (Phi) is 2.65. The van der Waals surface area contributed by atoms with Crippen molar-refractivity contribution < 1.29 is 4.74 Å². The lowest BCUT2D eigenvalue weighted by Gasteiger charge is -1.99. The number of rotatable bonds is 4. The Balaban J connectivity index is 1.78. The van der Waals surface area contributed by atoms with Crippen LogP contribution in [0.3, 0.4) is 0 Å². The first-order valence-electron chi connectivity index (χ1n) is 5.09. The van der Waals surface area contributed by atoms with E-state index in [2.05, 4.69) is 37.3 Å². The summed E-state index contributed by atoms with van der Waals surface area (Å²) >= 11 is 0. The zero-order valence-corrected chi connectivity index (χ0v) is 8.07. The van der Waals surface area contributed by atoms with Gasteiger partial charge in [0.1, 0.15) is 12.2 Å². The minimum absolute atomic E-state index is 0.402. The van der Waals surface area contributed by atoms with Crippen LogP contribution in [-0.2, 0) is 4.74 Å². The van der Waals surface area contributed by atoms with Crippen LogP contribution in [0.4, 0.5) is 0 Å². The van der Waals surface area contributed by atoms with Gasteiger partial charge in [0.15, 0.2) is 0 Å². The van der Waals surface area contributed by atoms with E-state index in [1.54, 1.807) is 0 Å². The lowest BCUT2D eigenvalue weighted by Crippen LogP contribution is -1.93. The second-order valence-electron chi connectivity index (χ2n) is 3.63. The molecule has 1 saturated heterocycles. The quantitative estimate of drug-likeness (QED) is 0.474. The molecular weight excluding hydrogens is 160 g/mol. The number of unbranched alkanes of at least 4 members (excludes halogenated alkanes) is 1. The third-order valence-electron chi connectivity index (χ3n) is 2.42. The minimum Gasteiger partial charge on any atom is -0.361 e. The molecule has 0 spiro atoms. The van der Waals surface area contributed by atoms with Gasteiger partial charge in [-0.2, -0.15) is 0 Å². The summed E-state index contributed by atoms with van der Waals surface area (Å²) < 4.78 is 5.35. The van der Waals surface area contributed by atoms with Gasteiger partial charge >= 0.3 is 0 Å². The molecule has 0 radical (unpaired) electrons. The van der Waals surface area contributed by atoms with Gasteiger partial charge < -0.3 is 4.74 Å². The van der Waals surface area contributed by atoms with E-state index < -0.39 is 0 Å². The fourth-order valence-corrected chi connectivity index (χ4v) is 1.55. The van der Waals surface area contributed by atoms with Crippen LogP contribution in [0.15, 0.2) is 36.0 Å². The highest BCUT2D eigenvalue weighted by molar-refractivity contribution is 5.33. The summed E-state index contributed by atoms with van der Waals surface area (Å²) in [5.41, 5.74) is 1.39. The second-order valence-corrected chi connectivity index (χ2v) is 3.63. The highest BCUT2D eigenvalue weighted by Crippen LogP contribution is 2.30. The number of fused-ring (bicyclic) bond motifs is 1. The summed E-state index contributed by atoms with van der Waals surface area (Å²) in [5, 5.41) is 0. The summed E-state index contributed by atoms with van der Waals surface area (Å²) in [5.74, 6) is 0. The lowest BCUT2D eigenvalue weighted by molar-refractivity contribution is 0.414. The number of epoxide rings is 1. The molecule has 13 heavy (non-hydrogen) atoms. The van der Waals surface area contributed by atoms with Gasteiger partial charge in [-0.15, -0.1) is 0 Å². The second kappa shape index (κ2) is 3.93. The smallest absolute Gasteiger partial charge is 0.107 e. The molecule has 1 heteroatoms. The van der Waals surface area contributed by atoms with Crippen LogP contribution in [0.2, 0.25) is 0 Å². The summed E-state index contributed by atoms with van der Waals surface area (Å²) in [6.07, 6.45) is 15.4. The third kappa shape index (κ3) is 2.31. The van der Waals surface area contributed by atoms with Crippen LogP contribution in [0.5, 0.6) is 0 Å². The van der Waals surface area contributed by atoms with Gasteiger partial charge in [0, 0.05) is 0 Å². The molecule has 1 nitrogen and oxygen atoms in total. The van der Waals surface area contributed by atoms with Gasteiger partial charge in [0.05, 0.1) is 0 Å². The molecule has 1 aliphatic carbocycles. The molecular formula is C12H16O. The molecule has 0 bridgehead atoms. The zero-order valence-electron chi connectivity index (χ0n) is 8.07. The average molecular weight is 176 g/mol. The van der Waals surface area contributed by atoms with Crippen LogP contribution in [0.25, 0.3) is 0 Å². The standard InChI is InChI=1S/C12H16O/c1-2-3-4-5-6-10-7-8-11-12(9-10)13-11/h4-5,7-9,11-12H,2-3,6H2,1H3. The Morgan fingerprint density at radius 3 is 3.08 bits per heavy atom. The van der Waals surface area contributed by atoms with E-state index in [9.17, 15) is 0 Å². The first-order chi connectivity index (χ1) is 6.40. The third-order valence-corrected chi connectivity index (χ3v) is 2.42. The van der Waals surface area contributed by atoms with Crippen LogP contribution in [0, 0.1) is 0 Å². The van der Waals surface area contributed by atoms with Crippen molar-refractivity contribution in [1.29, 1.82) is 0 Å². The normalized spacial score (nSPS) is 30.4. The Hall–Kier alpha value is -0.820. The zero-order chi connectivity index (χ0) is 9.10. The van der Waals surface area contributed by atoms with E-state index in [4.69, 9.17) is 4.74 Å². The summed E-state index contributed by atoms with van der Waals surface area (Å²) in [6.45, 7) is 2.20.